The van der Waals surface area contributed by atoms with Crippen LogP contribution in [0.15, 0.2) is 12.3 Å². The van der Waals surface area contributed by atoms with Crippen molar-refractivity contribution in [3.63, 3.8) is 0 Å². The second-order valence-corrected chi connectivity index (χ2v) is 1.66. The zero-order valence-electron chi connectivity index (χ0n) is 6.20. The molecule has 0 fully saturated rings. The molecule has 1 heterocycles. The molecule has 0 aliphatic heterocycles. The fraction of sp³-hybridized carbons (Fsp3) is 0.167. The summed E-state index contributed by atoms with van der Waals surface area (Å²) < 4.78 is 0. The van der Waals surface area contributed by atoms with Crippen molar-refractivity contribution < 1.29 is 51.4 Å². The minimum Gasteiger partial charge on any atom is -0.433 e. The fourth-order valence-corrected chi connectivity index (χ4v) is 0.596. The molecule has 3 nitrogen and oxygen atoms in total. The van der Waals surface area contributed by atoms with E-state index in [1.165, 1.54) is 0 Å². The van der Waals surface area contributed by atoms with E-state index in [1.807, 2.05) is 19.4 Å². The zero-order valence-corrected chi connectivity index (χ0v) is 9.33. The molecular formula is C6H8KN3. The van der Waals surface area contributed by atoms with E-state index in [4.69, 9.17) is 5.73 Å². The summed E-state index contributed by atoms with van der Waals surface area (Å²) in [5, 5.41) is 7.24. The first kappa shape index (κ1) is 10.4. The second-order valence-electron chi connectivity index (χ2n) is 1.66. The Balaban J connectivity index is 0.000000810. The van der Waals surface area contributed by atoms with Crippen molar-refractivity contribution in [3.05, 3.63) is 24.2 Å². The third kappa shape index (κ3) is 2.55. The Hall–Kier alpha value is 0.386. The minimum atomic E-state index is 0. The number of rotatable bonds is 1. The molecule has 1 aromatic heterocycles. The van der Waals surface area contributed by atoms with Gasteiger partial charge in [-0.3, -0.25) is 0 Å². The SMILES string of the molecule is C[CH-]c1ccnnc1N.[K+]. The number of nitrogens with two attached hydrogens (primary N) is 1. The Labute approximate surface area is 103 Å². The molecule has 0 bridgehead atoms. The van der Waals surface area contributed by atoms with Crippen molar-refractivity contribution in [1.29, 1.82) is 0 Å². The van der Waals surface area contributed by atoms with Gasteiger partial charge in [0.25, 0.3) is 0 Å². The fourth-order valence-electron chi connectivity index (χ4n) is 0.596. The standard InChI is InChI=1S/C6H8N3.K/c1-2-5-3-4-8-9-6(5)7;/h2-4H,1H3,(H2,7,9);/q-1;+1. The Morgan fingerprint density at radius 2 is 2.30 bits per heavy atom. The summed E-state index contributed by atoms with van der Waals surface area (Å²) in [4.78, 5) is 0. The molecule has 0 aliphatic carbocycles. The van der Waals surface area contributed by atoms with E-state index in [1.54, 1.807) is 6.20 Å². The van der Waals surface area contributed by atoms with Gasteiger partial charge in [-0.2, -0.15) is 11.5 Å². The normalized spacial score (nSPS) is 8.10. The molecular weight excluding hydrogens is 153 g/mol. The molecule has 0 spiro atoms. The summed E-state index contributed by atoms with van der Waals surface area (Å²) in [5.74, 6) is 0.486. The van der Waals surface area contributed by atoms with E-state index in [9.17, 15) is 0 Å². The van der Waals surface area contributed by atoms with Gasteiger partial charge < -0.3 is 5.73 Å². The van der Waals surface area contributed by atoms with Gasteiger partial charge in [-0.25, -0.2) is 5.10 Å². The maximum absolute atomic E-state index is 5.43. The summed E-state index contributed by atoms with van der Waals surface area (Å²) in [7, 11) is 0. The van der Waals surface area contributed by atoms with Gasteiger partial charge in [-0.15, -0.1) is 11.6 Å². The van der Waals surface area contributed by atoms with Crippen LogP contribution in [0.3, 0.4) is 0 Å². The monoisotopic (exact) mass is 161 g/mol. The smallest absolute Gasteiger partial charge is 0.433 e. The van der Waals surface area contributed by atoms with E-state index < -0.39 is 0 Å². The van der Waals surface area contributed by atoms with Gasteiger partial charge in [-0.05, 0) is 6.20 Å². The predicted molar refractivity (Wildman–Crippen MR) is 35.5 cm³/mol. The van der Waals surface area contributed by atoms with E-state index in [2.05, 4.69) is 10.2 Å². The average Bonchev–Trinajstić information content (AvgIpc) is 1.89. The van der Waals surface area contributed by atoms with Crippen molar-refractivity contribution in [2.75, 3.05) is 5.73 Å². The number of anilines is 1. The van der Waals surface area contributed by atoms with Crippen LogP contribution in [0.25, 0.3) is 0 Å². The summed E-state index contributed by atoms with van der Waals surface area (Å²) in [6.07, 6.45) is 3.51. The maximum atomic E-state index is 5.43. The van der Waals surface area contributed by atoms with Crippen LogP contribution < -0.4 is 57.1 Å². The van der Waals surface area contributed by atoms with Crippen LogP contribution in [-0.2, 0) is 0 Å². The largest absolute Gasteiger partial charge is 1.00 e. The first-order chi connectivity index (χ1) is 4.34. The molecule has 0 atom stereocenters. The molecule has 0 amide bonds. The average molecular weight is 161 g/mol. The van der Waals surface area contributed by atoms with Crippen LogP contribution in [0.1, 0.15) is 12.5 Å². The number of aromatic nitrogens is 2. The van der Waals surface area contributed by atoms with Crippen molar-refractivity contribution in [2.24, 2.45) is 0 Å². The van der Waals surface area contributed by atoms with Crippen LogP contribution in [0, 0.1) is 6.42 Å². The quantitative estimate of drug-likeness (QED) is 0.370. The van der Waals surface area contributed by atoms with Gasteiger partial charge in [0.2, 0.25) is 0 Å². The first-order valence-corrected chi connectivity index (χ1v) is 2.71. The van der Waals surface area contributed by atoms with Gasteiger partial charge in [0.1, 0.15) is 0 Å². The molecule has 0 saturated carbocycles. The molecule has 48 valence electrons. The molecule has 0 aliphatic rings. The summed E-state index contributed by atoms with van der Waals surface area (Å²) in [6.45, 7) is 1.91. The molecule has 1 aromatic rings. The Morgan fingerprint density at radius 1 is 1.60 bits per heavy atom. The summed E-state index contributed by atoms with van der Waals surface area (Å²) >= 11 is 0. The van der Waals surface area contributed by atoms with Gasteiger partial charge in [0.05, 0.1) is 0 Å². The molecule has 0 aromatic carbocycles. The number of nitrogen functional groups attached to an aromatic ring is 1. The van der Waals surface area contributed by atoms with E-state index in [0.717, 1.165) is 5.56 Å². The minimum absolute atomic E-state index is 0. The van der Waals surface area contributed by atoms with Gasteiger partial charge in [-0.1, -0.05) is 6.92 Å². The number of hydrogen-bond acceptors (Lipinski definition) is 3. The van der Waals surface area contributed by atoms with Crippen LogP contribution in [0.5, 0.6) is 0 Å². The maximum Gasteiger partial charge on any atom is 1.00 e. The summed E-state index contributed by atoms with van der Waals surface area (Å²) in [6, 6.07) is 1.82. The third-order valence-electron chi connectivity index (χ3n) is 1.09. The van der Waals surface area contributed by atoms with Crippen LogP contribution in [0.4, 0.5) is 5.82 Å². The van der Waals surface area contributed by atoms with Crippen LogP contribution in [0.2, 0.25) is 0 Å². The van der Waals surface area contributed by atoms with Gasteiger partial charge in [0.15, 0.2) is 0 Å². The predicted octanol–water partition coefficient (Wildman–Crippen LogP) is -2.36. The van der Waals surface area contributed by atoms with E-state index in [0.29, 0.717) is 5.82 Å². The topological polar surface area (TPSA) is 51.8 Å². The van der Waals surface area contributed by atoms with Crippen molar-refractivity contribution in [1.82, 2.24) is 10.2 Å². The molecule has 4 heteroatoms. The molecule has 0 unspecified atom stereocenters. The molecule has 1 rings (SSSR count). The Kier molecular flexibility index (Phi) is 5.29. The molecule has 0 saturated heterocycles. The Bertz CT molecular complexity index is 202. The Morgan fingerprint density at radius 3 is 2.70 bits per heavy atom. The first-order valence-electron chi connectivity index (χ1n) is 2.71. The molecule has 2 N–H and O–H groups in total. The third-order valence-corrected chi connectivity index (χ3v) is 1.09. The van der Waals surface area contributed by atoms with Crippen LogP contribution in [-0.4, -0.2) is 10.2 Å². The van der Waals surface area contributed by atoms with E-state index in [-0.39, 0.29) is 51.4 Å². The molecule has 0 radical (unpaired) electrons. The van der Waals surface area contributed by atoms with Crippen LogP contribution >= 0.6 is 0 Å². The van der Waals surface area contributed by atoms with Gasteiger partial charge >= 0.3 is 51.4 Å². The summed E-state index contributed by atoms with van der Waals surface area (Å²) in [5.41, 5.74) is 6.36. The number of nitrogens with zero attached hydrogens (tertiary/aromatic N) is 2. The zero-order chi connectivity index (χ0) is 6.69. The van der Waals surface area contributed by atoms with Crippen molar-refractivity contribution in [3.8, 4) is 0 Å². The van der Waals surface area contributed by atoms with E-state index >= 15 is 0 Å². The van der Waals surface area contributed by atoms with Crippen molar-refractivity contribution >= 4 is 5.82 Å². The number of hydrogen-bond donors (Lipinski definition) is 1. The van der Waals surface area contributed by atoms with Gasteiger partial charge in [0, 0.05) is 5.82 Å². The molecule has 10 heavy (non-hydrogen) atoms. The second kappa shape index (κ2) is 5.09. The van der Waals surface area contributed by atoms with Crippen molar-refractivity contribution in [2.45, 2.75) is 6.92 Å².